The van der Waals surface area contributed by atoms with E-state index in [0.29, 0.717) is 17.5 Å². The summed E-state index contributed by atoms with van der Waals surface area (Å²) in [5.41, 5.74) is 10.1. The first-order valence-electron chi connectivity index (χ1n) is 16.6. The van der Waals surface area contributed by atoms with Gasteiger partial charge in [-0.05, 0) is 52.6 Å². The molecule has 0 N–H and O–H groups in total. The molecule has 0 saturated carbocycles. The molecule has 5 nitrogen and oxygen atoms in total. The standard InChI is InChI=1S/C45H27N3O2/c1-4-14-28(15-5-1)31-26-35(40-33-20-10-11-23-36(33)49-39(40)27-31)45-47-43(30-18-8-3-9-19-30)46-44(48-45)34-22-13-25-38-42(34)41-32(21-12-24-37(41)50-38)29-16-6-2-7-17-29/h1-27H. The maximum Gasteiger partial charge on any atom is 0.164 e. The van der Waals surface area contributed by atoms with Crippen molar-refractivity contribution in [2.75, 3.05) is 0 Å². The second-order valence-electron chi connectivity index (χ2n) is 12.4. The first-order valence-corrected chi connectivity index (χ1v) is 16.6. The van der Waals surface area contributed by atoms with E-state index >= 15 is 0 Å². The maximum absolute atomic E-state index is 6.48. The molecule has 234 valence electrons. The van der Waals surface area contributed by atoms with E-state index < -0.39 is 0 Å². The van der Waals surface area contributed by atoms with Gasteiger partial charge in [-0.2, -0.15) is 0 Å². The average Bonchev–Trinajstić information content (AvgIpc) is 3.77. The number of furan rings is 2. The van der Waals surface area contributed by atoms with Crippen molar-refractivity contribution in [3.63, 3.8) is 0 Å². The topological polar surface area (TPSA) is 65.0 Å². The molecule has 10 aromatic rings. The molecular formula is C45H27N3O2. The van der Waals surface area contributed by atoms with Crippen LogP contribution in [0.15, 0.2) is 173 Å². The number of aromatic nitrogens is 3. The molecular weight excluding hydrogens is 615 g/mol. The lowest BCUT2D eigenvalue weighted by Gasteiger charge is -2.12. The first-order chi connectivity index (χ1) is 24.8. The third-order valence-corrected chi connectivity index (χ3v) is 9.34. The van der Waals surface area contributed by atoms with Gasteiger partial charge < -0.3 is 8.83 Å². The molecule has 0 unspecified atom stereocenters. The zero-order valence-corrected chi connectivity index (χ0v) is 26.7. The van der Waals surface area contributed by atoms with E-state index in [2.05, 4.69) is 66.7 Å². The predicted octanol–water partition coefficient (Wildman–Crippen LogP) is 12.0. The van der Waals surface area contributed by atoms with Gasteiger partial charge in [-0.15, -0.1) is 0 Å². The van der Waals surface area contributed by atoms with E-state index in [1.807, 2.05) is 97.1 Å². The highest BCUT2D eigenvalue weighted by atomic mass is 16.3. The molecule has 0 fully saturated rings. The van der Waals surface area contributed by atoms with Crippen LogP contribution in [0.2, 0.25) is 0 Å². The van der Waals surface area contributed by atoms with Crippen LogP contribution in [0, 0.1) is 0 Å². The Morgan fingerprint density at radius 1 is 0.300 bits per heavy atom. The lowest BCUT2D eigenvalue weighted by Crippen LogP contribution is -2.01. The van der Waals surface area contributed by atoms with E-state index in [-0.39, 0.29) is 0 Å². The summed E-state index contributed by atoms with van der Waals surface area (Å²) in [6.07, 6.45) is 0. The smallest absolute Gasteiger partial charge is 0.164 e. The third-order valence-electron chi connectivity index (χ3n) is 9.34. The molecule has 0 aliphatic carbocycles. The van der Waals surface area contributed by atoms with Crippen molar-refractivity contribution in [2.24, 2.45) is 0 Å². The molecule has 0 spiro atoms. The SMILES string of the molecule is c1ccc(-c2cc(-c3nc(-c4ccccc4)nc(-c4cccc5oc6cccc(-c7ccccc7)c6c45)n3)c3c(c2)oc2ccccc23)cc1. The van der Waals surface area contributed by atoms with Gasteiger partial charge in [-0.25, -0.2) is 15.0 Å². The van der Waals surface area contributed by atoms with Gasteiger partial charge in [0.2, 0.25) is 0 Å². The number of para-hydroxylation sites is 1. The summed E-state index contributed by atoms with van der Waals surface area (Å²) in [6, 6.07) is 55.6. The first kappa shape index (κ1) is 28.2. The van der Waals surface area contributed by atoms with Crippen molar-refractivity contribution >= 4 is 43.9 Å². The minimum absolute atomic E-state index is 0.566. The number of nitrogens with zero attached hydrogens (tertiary/aromatic N) is 3. The van der Waals surface area contributed by atoms with Gasteiger partial charge in [0.25, 0.3) is 0 Å². The second-order valence-corrected chi connectivity index (χ2v) is 12.4. The van der Waals surface area contributed by atoms with Crippen molar-refractivity contribution in [1.29, 1.82) is 0 Å². The van der Waals surface area contributed by atoms with Crippen LogP contribution in [-0.2, 0) is 0 Å². The summed E-state index contributed by atoms with van der Waals surface area (Å²) >= 11 is 0. The fourth-order valence-corrected chi connectivity index (χ4v) is 7.07. The van der Waals surface area contributed by atoms with Crippen molar-refractivity contribution in [3.05, 3.63) is 164 Å². The largest absolute Gasteiger partial charge is 0.456 e. The van der Waals surface area contributed by atoms with E-state index in [9.17, 15) is 0 Å². The monoisotopic (exact) mass is 641 g/mol. The van der Waals surface area contributed by atoms with Gasteiger partial charge in [-0.1, -0.05) is 133 Å². The Hall–Kier alpha value is -6.85. The predicted molar refractivity (Wildman–Crippen MR) is 202 cm³/mol. The lowest BCUT2D eigenvalue weighted by molar-refractivity contribution is 0.668. The van der Waals surface area contributed by atoms with E-state index in [1.165, 1.54) is 0 Å². The van der Waals surface area contributed by atoms with Gasteiger partial charge in [0.15, 0.2) is 17.5 Å². The van der Waals surface area contributed by atoms with Crippen molar-refractivity contribution in [3.8, 4) is 56.4 Å². The summed E-state index contributed by atoms with van der Waals surface area (Å²) in [5.74, 6) is 1.72. The molecule has 0 saturated heterocycles. The molecule has 3 aromatic heterocycles. The number of benzene rings is 7. The molecule has 0 aliphatic rings. The number of hydrogen-bond acceptors (Lipinski definition) is 5. The highest BCUT2D eigenvalue weighted by Gasteiger charge is 2.22. The maximum atomic E-state index is 6.48. The Balaban J connectivity index is 1.30. The molecule has 3 heterocycles. The lowest BCUT2D eigenvalue weighted by atomic mass is 9.97. The van der Waals surface area contributed by atoms with Crippen molar-refractivity contribution in [1.82, 2.24) is 15.0 Å². The molecule has 5 heteroatoms. The Labute approximate surface area is 287 Å². The fraction of sp³-hybridized carbons (Fsp3) is 0. The highest BCUT2D eigenvalue weighted by Crippen LogP contribution is 2.43. The highest BCUT2D eigenvalue weighted by molar-refractivity contribution is 6.18. The summed E-state index contributed by atoms with van der Waals surface area (Å²) < 4.78 is 13.0. The van der Waals surface area contributed by atoms with Gasteiger partial charge in [0, 0.05) is 38.2 Å². The van der Waals surface area contributed by atoms with Crippen LogP contribution in [0.3, 0.4) is 0 Å². The zero-order valence-electron chi connectivity index (χ0n) is 26.7. The van der Waals surface area contributed by atoms with Gasteiger partial charge in [0.1, 0.15) is 22.3 Å². The fourth-order valence-electron chi connectivity index (χ4n) is 7.07. The molecule has 0 aliphatic heterocycles. The molecule has 50 heavy (non-hydrogen) atoms. The molecule has 0 bridgehead atoms. The summed E-state index contributed by atoms with van der Waals surface area (Å²) in [5, 5.41) is 3.97. The van der Waals surface area contributed by atoms with Gasteiger partial charge >= 0.3 is 0 Å². The molecule has 7 aromatic carbocycles. The van der Waals surface area contributed by atoms with Crippen LogP contribution in [0.1, 0.15) is 0 Å². The van der Waals surface area contributed by atoms with Crippen LogP contribution >= 0.6 is 0 Å². The van der Waals surface area contributed by atoms with Crippen LogP contribution in [-0.4, -0.2) is 15.0 Å². The Kier molecular flexibility index (Phi) is 6.42. The van der Waals surface area contributed by atoms with Gasteiger partial charge in [-0.3, -0.25) is 0 Å². The number of rotatable bonds is 5. The summed E-state index contributed by atoms with van der Waals surface area (Å²) in [7, 11) is 0. The average molecular weight is 642 g/mol. The Morgan fingerprint density at radius 2 is 0.820 bits per heavy atom. The number of hydrogen-bond donors (Lipinski definition) is 0. The van der Waals surface area contributed by atoms with Crippen LogP contribution in [0.5, 0.6) is 0 Å². The number of fused-ring (bicyclic) bond motifs is 6. The molecule has 10 rings (SSSR count). The van der Waals surface area contributed by atoms with Crippen LogP contribution < -0.4 is 0 Å². The molecule has 0 radical (unpaired) electrons. The summed E-state index contributed by atoms with van der Waals surface area (Å²) in [6.45, 7) is 0. The zero-order chi connectivity index (χ0) is 33.0. The van der Waals surface area contributed by atoms with Gasteiger partial charge in [0.05, 0.1) is 0 Å². The second kappa shape index (κ2) is 11.4. The van der Waals surface area contributed by atoms with Crippen molar-refractivity contribution < 1.29 is 8.83 Å². The summed E-state index contributed by atoms with van der Waals surface area (Å²) in [4.78, 5) is 15.6. The Morgan fingerprint density at radius 3 is 1.54 bits per heavy atom. The quantitative estimate of drug-likeness (QED) is 0.187. The van der Waals surface area contributed by atoms with Crippen LogP contribution in [0.25, 0.3) is 100 Å². The Bertz CT molecular complexity index is 2860. The molecule has 0 amide bonds. The van der Waals surface area contributed by atoms with E-state index in [0.717, 1.165) is 82.8 Å². The third kappa shape index (κ3) is 4.60. The van der Waals surface area contributed by atoms with E-state index in [4.69, 9.17) is 23.8 Å². The molecule has 0 atom stereocenters. The van der Waals surface area contributed by atoms with Crippen molar-refractivity contribution in [2.45, 2.75) is 0 Å². The van der Waals surface area contributed by atoms with Crippen LogP contribution in [0.4, 0.5) is 0 Å². The normalized spacial score (nSPS) is 11.6. The minimum Gasteiger partial charge on any atom is -0.456 e. The van der Waals surface area contributed by atoms with E-state index in [1.54, 1.807) is 0 Å². The minimum atomic E-state index is 0.566.